The fraction of sp³-hybridized carbons (Fsp3) is 0.0625. The van der Waals surface area contributed by atoms with Crippen LogP contribution in [-0.4, -0.2) is 12.1 Å². The Balaban J connectivity index is 2.35. The number of nitrogens with zero attached hydrogens (tertiary/aromatic N) is 1. The van der Waals surface area contributed by atoms with Gasteiger partial charge in [0.1, 0.15) is 11.3 Å². The summed E-state index contributed by atoms with van der Waals surface area (Å²) in [4.78, 5) is 4.34. The molecule has 19 heavy (non-hydrogen) atoms. The summed E-state index contributed by atoms with van der Waals surface area (Å²) in [6.07, 6.45) is 1.50. The van der Waals surface area contributed by atoms with Crippen LogP contribution < -0.4 is 4.74 Å². The summed E-state index contributed by atoms with van der Waals surface area (Å²) >= 11 is 0. The third-order valence-electron chi connectivity index (χ3n) is 3.51. The molecule has 0 aliphatic rings. The molecule has 0 amide bonds. The minimum absolute atomic E-state index is 0.841. The molecule has 4 rings (SSSR count). The Morgan fingerprint density at radius 3 is 2.63 bits per heavy atom. The van der Waals surface area contributed by atoms with E-state index in [1.54, 1.807) is 7.11 Å². The van der Waals surface area contributed by atoms with Gasteiger partial charge >= 0.3 is 0 Å². The van der Waals surface area contributed by atoms with Crippen molar-refractivity contribution in [1.82, 2.24) is 4.98 Å². The van der Waals surface area contributed by atoms with Crippen molar-refractivity contribution in [2.75, 3.05) is 7.11 Å². The summed E-state index contributed by atoms with van der Waals surface area (Å²) < 4.78 is 10.9. The minimum Gasteiger partial charge on any atom is -0.497 e. The Bertz CT molecular complexity index is 908. The highest BCUT2D eigenvalue weighted by molar-refractivity contribution is 6.22. The summed E-state index contributed by atoms with van der Waals surface area (Å²) in [5.41, 5.74) is 1.74. The standard InChI is InChI=1S/C16H11NO2/c1-18-10-6-7-12-14(8-10)11-4-2-3-5-13(11)16-15(12)17-9-19-16/h2-9H,1H3. The van der Waals surface area contributed by atoms with Crippen molar-refractivity contribution in [2.45, 2.75) is 0 Å². The first kappa shape index (κ1) is 10.4. The van der Waals surface area contributed by atoms with Crippen LogP contribution in [0.1, 0.15) is 0 Å². The van der Waals surface area contributed by atoms with Gasteiger partial charge in [0.2, 0.25) is 0 Å². The molecule has 4 aromatic rings. The van der Waals surface area contributed by atoms with Crippen molar-refractivity contribution >= 4 is 32.6 Å². The molecule has 0 N–H and O–H groups in total. The Kier molecular flexibility index (Phi) is 2.03. The molecular weight excluding hydrogens is 238 g/mol. The molecule has 0 unspecified atom stereocenters. The van der Waals surface area contributed by atoms with E-state index in [1.165, 1.54) is 6.39 Å². The lowest BCUT2D eigenvalue weighted by Gasteiger charge is -2.07. The summed E-state index contributed by atoms with van der Waals surface area (Å²) in [7, 11) is 1.68. The van der Waals surface area contributed by atoms with Crippen LogP contribution in [0.25, 0.3) is 32.6 Å². The molecule has 0 fully saturated rings. The lowest BCUT2D eigenvalue weighted by Crippen LogP contribution is -1.85. The zero-order chi connectivity index (χ0) is 12.8. The highest BCUT2D eigenvalue weighted by Gasteiger charge is 2.12. The number of oxazole rings is 1. The van der Waals surface area contributed by atoms with Crippen molar-refractivity contribution in [3.63, 3.8) is 0 Å². The average molecular weight is 249 g/mol. The van der Waals surface area contributed by atoms with Gasteiger partial charge in [-0.1, -0.05) is 24.3 Å². The van der Waals surface area contributed by atoms with Crippen LogP contribution in [0.15, 0.2) is 53.3 Å². The Labute approximate surface area is 109 Å². The fourth-order valence-electron chi connectivity index (χ4n) is 2.62. The van der Waals surface area contributed by atoms with E-state index in [9.17, 15) is 0 Å². The Hall–Kier alpha value is -2.55. The Morgan fingerprint density at radius 2 is 1.79 bits per heavy atom. The van der Waals surface area contributed by atoms with E-state index in [1.807, 2.05) is 30.3 Å². The SMILES string of the molecule is COc1ccc2c(c1)c1ccccc1c1ocnc21. The van der Waals surface area contributed by atoms with Gasteiger partial charge in [-0.05, 0) is 29.0 Å². The van der Waals surface area contributed by atoms with E-state index < -0.39 is 0 Å². The molecule has 0 saturated carbocycles. The second-order valence-corrected chi connectivity index (χ2v) is 4.49. The van der Waals surface area contributed by atoms with Crippen LogP contribution in [0.4, 0.5) is 0 Å². The number of aromatic nitrogens is 1. The molecule has 0 saturated heterocycles. The molecule has 1 heterocycles. The molecule has 3 heteroatoms. The number of ether oxygens (including phenoxy) is 1. The topological polar surface area (TPSA) is 35.3 Å². The number of methoxy groups -OCH3 is 1. The first-order valence-corrected chi connectivity index (χ1v) is 6.10. The van der Waals surface area contributed by atoms with Crippen LogP contribution >= 0.6 is 0 Å². The minimum atomic E-state index is 0.841. The third kappa shape index (κ3) is 1.35. The summed E-state index contributed by atoms with van der Waals surface area (Å²) in [6, 6.07) is 14.2. The van der Waals surface area contributed by atoms with E-state index >= 15 is 0 Å². The molecule has 0 spiro atoms. The van der Waals surface area contributed by atoms with Crippen LogP contribution in [0.2, 0.25) is 0 Å². The van der Waals surface area contributed by atoms with E-state index in [-0.39, 0.29) is 0 Å². The lowest BCUT2D eigenvalue weighted by molar-refractivity contribution is 0.415. The maximum Gasteiger partial charge on any atom is 0.182 e. The molecular formula is C16H11NO2. The van der Waals surface area contributed by atoms with E-state index in [0.717, 1.165) is 38.4 Å². The maximum absolute atomic E-state index is 5.55. The second kappa shape index (κ2) is 3.72. The zero-order valence-electron chi connectivity index (χ0n) is 10.4. The number of hydrogen-bond acceptors (Lipinski definition) is 3. The van der Waals surface area contributed by atoms with Gasteiger partial charge in [-0.3, -0.25) is 0 Å². The van der Waals surface area contributed by atoms with Crippen LogP contribution in [0, 0.1) is 0 Å². The van der Waals surface area contributed by atoms with Crippen LogP contribution in [0.5, 0.6) is 5.75 Å². The molecule has 0 atom stereocenters. The third-order valence-corrected chi connectivity index (χ3v) is 3.51. The number of benzene rings is 3. The lowest BCUT2D eigenvalue weighted by atomic mass is 10.0. The molecule has 92 valence electrons. The largest absolute Gasteiger partial charge is 0.497 e. The molecule has 3 aromatic carbocycles. The number of fused-ring (bicyclic) bond motifs is 6. The van der Waals surface area contributed by atoms with Crippen molar-refractivity contribution in [3.05, 3.63) is 48.9 Å². The van der Waals surface area contributed by atoms with Gasteiger partial charge in [0.25, 0.3) is 0 Å². The Morgan fingerprint density at radius 1 is 0.947 bits per heavy atom. The van der Waals surface area contributed by atoms with Crippen LogP contribution in [0.3, 0.4) is 0 Å². The average Bonchev–Trinajstić information content (AvgIpc) is 2.96. The highest BCUT2D eigenvalue weighted by atomic mass is 16.5. The first-order chi connectivity index (χ1) is 9.38. The normalized spacial score (nSPS) is 11.4. The van der Waals surface area contributed by atoms with Crippen molar-refractivity contribution in [2.24, 2.45) is 0 Å². The van der Waals surface area contributed by atoms with Gasteiger partial charge < -0.3 is 9.15 Å². The quantitative estimate of drug-likeness (QED) is 0.475. The summed E-state index contributed by atoms with van der Waals surface area (Å²) in [6.45, 7) is 0. The molecule has 1 aromatic heterocycles. The van der Waals surface area contributed by atoms with Crippen molar-refractivity contribution in [3.8, 4) is 5.75 Å². The smallest absolute Gasteiger partial charge is 0.182 e. The monoisotopic (exact) mass is 249 g/mol. The van der Waals surface area contributed by atoms with Gasteiger partial charge in [-0.25, -0.2) is 4.98 Å². The van der Waals surface area contributed by atoms with E-state index in [4.69, 9.17) is 9.15 Å². The number of hydrogen-bond donors (Lipinski definition) is 0. The number of rotatable bonds is 1. The molecule has 0 aliphatic heterocycles. The molecule has 3 nitrogen and oxygen atoms in total. The predicted octanol–water partition coefficient (Wildman–Crippen LogP) is 4.14. The summed E-state index contributed by atoms with van der Waals surface area (Å²) in [5.74, 6) is 0.848. The molecule has 0 aliphatic carbocycles. The van der Waals surface area contributed by atoms with Gasteiger partial charge in [0.05, 0.1) is 7.11 Å². The summed E-state index contributed by atoms with van der Waals surface area (Å²) in [5, 5.41) is 4.45. The maximum atomic E-state index is 5.55. The fourth-order valence-corrected chi connectivity index (χ4v) is 2.62. The van der Waals surface area contributed by atoms with Crippen molar-refractivity contribution < 1.29 is 9.15 Å². The van der Waals surface area contributed by atoms with Gasteiger partial charge in [0.15, 0.2) is 12.0 Å². The van der Waals surface area contributed by atoms with Crippen molar-refractivity contribution in [1.29, 1.82) is 0 Å². The van der Waals surface area contributed by atoms with Gasteiger partial charge in [-0.2, -0.15) is 0 Å². The van der Waals surface area contributed by atoms with E-state index in [0.29, 0.717) is 0 Å². The molecule has 0 bridgehead atoms. The zero-order valence-corrected chi connectivity index (χ0v) is 10.4. The van der Waals surface area contributed by atoms with Gasteiger partial charge in [0, 0.05) is 10.8 Å². The van der Waals surface area contributed by atoms with Gasteiger partial charge in [-0.15, -0.1) is 0 Å². The predicted molar refractivity (Wildman–Crippen MR) is 75.6 cm³/mol. The van der Waals surface area contributed by atoms with Crippen LogP contribution in [-0.2, 0) is 0 Å². The second-order valence-electron chi connectivity index (χ2n) is 4.49. The molecule has 0 radical (unpaired) electrons. The first-order valence-electron chi connectivity index (χ1n) is 6.10. The highest BCUT2D eigenvalue weighted by Crippen LogP contribution is 2.35. The van der Waals surface area contributed by atoms with E-state index in [2.05, 4.69) is 17.1 Å².